The molecule has 3 heteroatoms. The molecule has 0 aromatic carbocycles. The summed E-state index contributed by atoms with van der Waals surface area (Å²) in [6.45, 7) is 5.62. The Morgan fingerprint density at radius 2 is 2.25 bits per heavy atom. The molecule has 1 fully saturated rings. The molecule has 1 rings (SSSR count). The molecule has 12 heavy (non-hydrogen) atoms. The van der Waals surface area contributed by atoms with E-state index < -0.39 is 0 Å². The second-order valence-corrected chi connectivity index (χ2v) is 4.24. The maximum absolute atomic E-state index is 11.2. The number of amides is 1. The molecular formula is C9H17NO2. The monoisotopic (exact) mass is 171 g/mol. The Kier molecular flexibility index (Phi) is 2.73. The van der Waals surface area contributed by atoms with Crippen molar-refractivity contribution in [3.63, 3.8) is 0 Å². The molecule has 1 N–H and O–H groups in total. The van der Waals surface area contributed by atoms with Crippen LogP contribution >= 0.6 is 0 Å². The number of rotatable bonds is 3. The number of carbonyl (C=O) groups is 1. The molecule has 1 aliphatic rings. The predicted octanol–water partition coefficient (Wildman–Crippen LogP) is 0.627. The van der Waals surface area contributed by atoms with Crippen molar-refractivity contribution < 1.29 is 9.90 Å². The largest absolute Gasteiger partial charge is 0.396 e. The van der Waals surface area contributed by atoms with E-state index in [2.05, 4.69) is 0 Å². The van der Waals surface area contributed by atoms with Crippen LogP contribution < -0.4 is 0 Å². The van der Waals surface area contributed by atoms with Crippen LogP contribution in [0.1, 0.15) is 26.7 Å². The smallest absolute Gasteiger partial charge is 0.222 e. The number of hydrogen-bond donors (Lipinski definition) is 1. The molecular weight excluding hydrogens is 154 g/mol. The molecule has 0 atom stereocenters. The van der Waals surface area contributed by atoms with E-state index >= 15 is 0 Å². The van der Waals surface area contributed by atoms with Crippen LogP contribution in [-0.2, 0) is 4.79 Å². The van der Waals surface area contributed by atoms with Crippen LogP contribution in [-0.4, -0.2) is 35.6 Å². The Bertz CT molecular complexity index is 177. The first-order valence-corrected chi connectivity index (χ1v) is 4.44. The summed E-state index contributed by atoms with van der Waals surface area (Å²) in [7, 11) is 0. The van der Waals surface area contributed by atoms with Gasteiger partial charge in [0.25, 0.3) is 0 Å². The highest BCUT2D eigenvalue weighted by Crippen LogP contribution is 2.19. The van der Waals surface area contributed by atoms with E-state index in [1.54, 1.807) is 0 Å². The second kappa shape index (κ2) is 3.44. The highest BCUT2D eigenvalue weighted by atomic mass is 16.3. The standard InChI is InChI=1S/C9H17NO2/c1-9(2,7-11)6-10-5-3-4-8(10)12/h11H,3-7H2,1-2H3. The number of nitrogens with zero attached hydrogens (tertiary/aromatic N) is 1. The van der Waals surface area contributed by atoms with Gasteiger partial charge in [-0.1, -0.05) is 13.8 Å². The SMILES string of the molecule is CC(C)(CO)CN1CCCC1=O. The molecule has 1 saturated heterocycles. The van der Waals surface area contributed by atoms with Gasteiger partial charge in [0, 0.05) is 31.5 Å². The van der Waals surface area contributed by atoms with Gasteiger partial charge >= 0.3 is 0 Å². The van der Waals surface area contributed by atoms with Crippen LogP contribution in [0.5, 0.6) is 0 Å². The maximum atomic E-state index is 11.2. The number of hydrogen-bond acceptors (Lipinski definition) is 2. The van der Waals surface area contributed by atoms with Gasteiger partial charge in [-0.25, -0.2) is 0 Å². The predicted molar refractivity (Wildman–Crippen MR) is 46.7 cm³/mol. The number of carbonyl (C=O) groups excluding carboxylic acids is 1. The van der Waals surface area contributed by atoms with Crippen molar-refractivity contribution in [3.8, 4) is 0 Å². The highest BCUT2D eigenvalue weighted by molar-refractivity contribution is 5.78. The van der Waals surface area contributed by atoms with Crippen molar-refractivity contribution in [2.45, 2.75) is 26.7 Å². The van der Waals surface area contributed by atoms with E-state index in [4.69, 9.17) is 5.11 Å². The Labute approximate surface area is 73.4 Å². The summed E-state index contributed by atoms with van der Waals surface area (Å²) in [4.78, 5) is 13.1. The zero-order valence-electron chi connectivity index (χ0n) is 7.84. The van der Waals surface area contributed by atoms with Gasteiger partial charge in [-0.3, -0.25) is 4.79 Å². The highest BCUT2D eigenvalue weighted by Gasteiger charge is 2.27. The van der Waals surface area contributed by atoms with E-state index in [0.29, 0.717) is 13.0 Å². The Hall–Kier alpha value is -0.570. The molecule has 0 unspecified atom stereocenters. The summed E-state index contributed by atoms with van der Waals surface area (Å²) in [6, 6.07) is 0. The molecule has 1 aliphatic heterocycles. The maximum Gasteiger partial charge on any atom is 0.222 e. The van der Waals surface area contributed by atoms with Gasteiger partial charge in [-0.15, -0.1) is 0 Å². The quantitative estimate of drug-likeness (QED) is 0.676. The van der Waals surface area contributed by atoms with Crippen molar-refractivity contribution in [1.82, 2.24) is 4.90 Å². The minimum atomic E-state index is -0.153. The summed E-state index contributed by atoms with van der Waals surface area (Å²) in [5.74, 6) is 0.233. The van der Waals surface area contributed by atoms with Crippen molar-refractivity contribution in [2.75, 3.05) is 19.7 Å². The van der Waals surface area contributed by atoms with Gasteiger partial charge in [0.2, 0.25) is 5.91 Å². The summed E-state index contributed by atoms with van der Waals surface area (Å²) in [6.07, 6.45) is 1.65. The van der Waals surface area contributed by atoms with Gasteiger partial charge in [0.05, 0.1) is 0 Å². The molecule has 1 heterocycles. The zero-order valence-corrected chi connectivity index (χ0v) is 7.84. The van der Waals surface area contributed by atoms with E-state index in [0.717, 1.165) is 13.0 Å². The molecule has 0 aromatic heterocycles. The summed E-state index contributed by atoms with van der Waals surface area (Å²) < 4.78 is 0. The first kappa shape index (κ1) is 9.52. The summed E-state index contributed by atoms with van der Waals surface area (Å²) in [5.41, 5.74) is -0.153. The van der Waals surface area contributed by atoms with Gasteiger partial charge in [0.1, 0.15) is 0 Å². The van der Waals surface area contributed by atoms with Crippen LogP contribution in [0.15, 0.2) is 0 Å². The van der Waals surface area contributed by atoms with E-state index in [1.807, 2.05) is 18.7 Å². The third kappa shape index (κ3) is 2.21. The van der Waals surface area contributed by atoms with Gasteiger partial charge < -0.3 is 10.0 Å². The lowest BCUT2D eigenvalue weighted by Gasteiger charge is -2.27. The van der Waals surface area contributed by atoms with Gasteiger partial charge in [0.15, 0.2) is 0 Å². The second-order valence-electron chi connectivity index (χ2n) is 4.24. The van der Waals surface area contributed by atoms with Crippen LogP contribution in [0.2, 0.25) is 0 Å². The molecule has 70 valence electrons. The third-order valence-electron chi connectivity index (χ3n) is 2.22. The van der Waals surface area contributed by atoms with Crippen molar-refractivity contribution in [3.05, 3.63) is 0 Å². The minimum absolute atomic E-state index is 0.136. The van der Waals surface area contributed by atoms with E-state index in [-0.39, 0.29) is 17.9 Å². The molecule has 0 saturated carbocycles. The fourth-order valence-corrected chi connectivity index (χ4v) is 1.44. The van der Waals surface area contributed by atoms with Crippen LogP contribution in [0.25, 0.3) is 0 Å². The van der Waals surface area contributed by atoms with Crippen LogP contribution in [0.3, 0.4) is 0 Å². The first-order chi connectivity index (χ1) is 5.55. The van der Waals surface area contributed by atoms with Crippen molar-refractivity contribution in [1.29, 1.82) is 0 Å². The minimum Gasteiger partial charge on any atom is -0.396 e. The lowest BCUT2D eigenvalue weighted by atomic mass is 9.94. The molecule has 0 radical (unpaired) electrons. The molecule has 1 amide bonds. The molecule has 0 aliphatic carbocycles. The van der Waals surface area contributed by atoms with E-state index in [9.17, 15) is 4.79 Å². The first-order valence-electron chi connectivity index (χ1n) is 4.44. The Balaban J connectivity index is 2.45. The molecule has 3 nitrogen and oxygen atoms in total. The average Bonchev–Trinajstić information content (AvgIpc) is 2.36. The van der Waals surface area contributed by atoms with Crippen LogP contribution in [0.4, 0.5) is 0 Å². The normalized spacial score (nSPS) is 18.9. The third-order valence-corrected chi connectivity index (χ3v) is 2.22. The summed E-state index contributed by atoms with van der Waals surface area (Å²) in [5, 5.41) is 9.00. The molecule has 0 aromatic rings. The fourth-order valence-electron chi connectivity index (χ4n) is 1.44. The van der Waals surface area contributed by atoms with Crippen molar-refractivity contribution >= 4 is 5.91 Å². The van der Waals surface area contributed by atoms with E-state index in [1.165, 1.54) is 0 Å². The van der Waals surface area contributed by atoms with Crippen LogP contribution in [0, 0.1) is 5.41 Å². The van der Waals surface area contributed by atoms with Gasteiger partial charge in [-0.2, -0.15) is 0 Å². The Morgan fingerprint density at radius 1 is 1.58 bits per heavy atom. The number of likely N-dealkylation sites (tertiary alicyclic amines) is 1. The van der Waals surface area contributed by atoms with Gasteiger partial charge in [-0.05, 0) is 6.42 Å². The van der Waals surface area contributed by atoms with Crippen molar-refractivity contribution in [2.24, 2.45) is 5.41 Å². The molecule has 0 bridgehead atoms. The summed E-state index contributed by atoms with van der Waals surface area (Å²) >= 11 is 0. The number of aliphatic hydroxyl groups is 1. The molecule has 0 spiro atoms. The average molecular weight is 171 g/mol. The topological polar surface area (TPSA) is 40.5 Å². The lowest BCUT2D eigenvalue weighted by Crippen LogP contribution is -2.37. The fraction of sp³-hybridized carbons (Fsp3) is 0.889. The lowest BCUT2D eigenvalue weighted by molar-refractivity contribution is -0.129. The Morgan fingerprint density at radius 3 is 2.67 bits per heavy atom. The number of aliphatic hydroxyl groups excluding tert-OH is 1. The zero-order chi connectivity index (χ0) is 9.19.